The van der Waals surface area contributed by atoms with Crippen LogP contribution in [0.5, 0.6) is 0 Å². The number of benzene rings is 3. The van der Waals surface area contributed by atoms with Crippen molar-refractivity contribution >= 4 is 56.2 Å². The molecule has 0 aromatic heterocycles. The van der Waals surface area contributed by atoms with Gasteiger partial charge in [-0.25, -0.2) is 8.42 Å². The van der Waals surface area contributed by atoms with Crippen LogP contribution in [0.15, 0.2) is 76.7 Å². The monoisotopic (exact) mass is 538 g/mol. The third kappa shape index (κ3) is 5.34. The van der Waals surface area contributed by atoms with E-state index in [4.69, 9.17) is 34.8 Å². The van der Waals surface area contributed by atoms with E-state index in [0.717, 1.165) is 11.6 Å². The summed E-state index contributed by atoms with van der Waals surface area (Å²) in [6.07, 6.45) is 0.378. The summed E-state index contributed by atoms with van der Waals surface area (Å²) in [5.74, 6) is 0. The molecule has 8 nitrogen and oxygen atoms in total. The van der Waals surface area contributed by atoms with Crippen molar-refractivity contribution < 1.29 is 13.3 Å². The molecule has 1 aliphatic heterocycles. The molecule has 2 atom stereocenters. The van der Waals surface area contributed by atoms with Crippen LogP contribution in [0.2, 0.25) is 15.1 Å². The number of hydrogen-bond acceptors (Lipinski definition) is 6. The van der Waals surface area contributed by atoms with Crippen molar-refractivity contribution in [1.82, 2.24) is 10.1 Å². The Kier molecular flexibility index (Phi) is 7.11. The summed E-state index contributed by atoms with van der Waals surface area (Å²) in [7, 11) is -4.19. The molecule has 34 heavy (non-hydrogen) atoms. The van der Waals surface area contributed by atoms with Gasteiger partial charge in [-0.05, 0) is 41.5 Å². The molecule has 0 aliphatic carbocycles. The molecule has 1 aliphatic rings. The maximum Gasteiger partial charge on any atom is 0.270 e. The maximum absolute atomic E-state index is 13.2. The number of nitro benzene ring substituents is 1. The average Bonchev–Trinajstić information content (AvgIpc) is 3.28. The first-order valence-electron chi connectivity index (χ1n) is 9.93. The van der Waals surface area contributed by atoms with Crippen LogP contribution in [-0.4, -0.2) is 19.1 Å². The summed E-state index contributed by atoms with van der Waals surface area (Å²) in [5.41, 5.74) is 4.53. The molecule has 0 radical (unpaired) electrons. The first-order chi connectivity index (χ1) is 16.1. The van der Waals surface area contributed by atoms with Crippen LogP contribution in [0.3, 0.4) is 0 Å². The van der Waals surface area contributed by atoms with E-state index in [1.54, 1.807) is 24.3 Å². The van der Waals surface area contributed by atoms with Crippen molar-refractivity contribution in [3.63, 3.8) is 0 Å². The molecule has 1 unspecified atom stereocenters. The number of hydrazone groups is 1. The van der Waals surface area contributed by atoms with Crippen molar-refractivity contribution in [1.29, 1.82) is 0 Å². The van der Waals surface area contributed by atoms with Gasteiger partial charge >= 0.3 is 0 Å². The van der Waals surface area contributed by atoms with Gasteiger partial charge in [-0.1, -0.05) is 59.1 Å². The molecule has 176 valence electrons. The average molecular weight is 540 g/mol. The molecule has 0 amide bonds. The molecule has 2 N–H and O–H groups in total. The van der Waals surface area contributed by atoms with Gasteiger partial charge in [-0.3, -0.25) is 10.1 Å². The van der Waals surface area contributed by atoms with Crippen molar-refractivity contribution in [3.8, 4) is 0 Å². The largest absolute Gasteiger partial charge is 0.302 e. The van der Waals surface area contributed by atoms with Gasteiger partial charge in [-0.15, -0.1) is 0 Å². The predicted molar refractivity (Wildman–Crippen MR) is 132 cm³/mol. The van der Waals surface area contributed by atoms with Crippen molar-refractivity contribution in [2.75, 3.05) is 0 Å². The van der Waals surface area contributed by atoms with Gasteiger partial charge in [0.2, 0.25) is 10.0 Å². The third-order valence-electron chi connectivity index (χ3n) is 5.27. The zero-order valence-corrected chi connectivity index (χ0v) is 20.4. The number of non-ortho nitro benzene ring substituents is 1. The standard InChI is InChI=1S/C22H17Cl3N4O4S/c23-14-6-4-13(5-7-14)20-12-21(27-26-20)22(18-9-8-15(24)10-19(18)25)28-34(32,33)17-3-1-2-16(11-17)29(30)31/h1-11,20,22,26,28H,12H2/t20?,22-/m1/s1. The highest BCUT2D eigenvalue weighted by atomic mass is 35.5. The highest BCUT2D eigenvalue weighted by Crippen LogP contribution is 2.34. The molecule has 0 bridgehead atoms. The Labute approximate surface area is 210 Å². The van der Waals surface area contributed by atoms with Gasteiger partial charge < -0.3 is 5.43 Å². The number of hydrogen-bond donors (Lipinski definition) is 2. The van der Waals surface area contributed by atoms with E-state index in [1.807, 2.05) is 12.1 Å². The van der Waals surface area contributed by atoms with Crippen LogP contribution in [0.25, 0.3) is 0 Å². The van der Waals surface area contributed by atoms with E-state index in [9.17, 15) is 18.5 Å². The van der Waals surface area contributed by atoms with Gasteiger partial charge in [-0.2, -0.15) is 9.82 Å². The zero-order valence-electron chi connectivity index (χ0n) is 17.3. The molecule has 0 saturated carbocycles. The lowest BCUT2D eigenvalue weighted by atomic mass is 9.96. The van der Waals surface area contributed by atoms with Crippen LogP contribution < -0.4 is 10.1 Å². The van der Waals surface area contributed by atoms with E-state index >= 15 is 0 Å². The molecule has 0 fully saturated rings. The minimum Gasteiger partial charge on any atom is -0.302 e. The lowest BCUT2D eigenvalue weighted by molar-refractivity contribution is -0.385. The fourth-order valence-electron chi connectivity index (χ4n) is 3.57. The summed E-state index contributed by atoms with van der Waals surface area (Å²) in [6.45, 7) is 0. The predicted octanol–water partition coefficient (Wildman–Crippen LogP) is 5.67. The Hall–Kier alpha value is -2.69. The second-order valence-electron chi connectivity index (χ2n) is 7.52. The molecule has 3 aromatic carbocycles. The normalized spacial score (nSPS) is 16.6. The number of rotatable bonds is 7. The summed E-state index contributed by atoms with van der Waals surface area (Å²) < 4.78 is 29.0. The van der Waals surface area contributed by atoms with Gasteiger partial charge in [0.05, 0.1) is 27.6 Å². The smallest absolute Gasteiger partial charge is 0.270 e. The van der Waals surface area contributed by atoms with Crippen molar-refractivity contribution in [2.24, 2.45) is 5.10 Å². The summed E-state index contributed by atoms with van der Waals surface area (Å²) in [4.78, 5) is 10.2. The fourth-order valence-corrected chi connectivity index (χ4v) is 5.45. The second kappa shape index (κ2) is 9.89. The number of halogens is 3. The Bertz CT molecular complexity index is 1380. The van der Waals surface area contributed by atoms with Crippen molar-refractivity contribution in [2.45, 2.75) is 23.4 Å². The molecular weight excluding hydrogens is 523 g/mol. The van der Waals surface area contributed by atoms with Crippen molar-refractivity contribution in [3.05, 3.63) is 103 Å². The van der Waals surface area contributed by atoms with Crippen LogP contribution in [-0.2, 0) is 10.0 Å². The van der Waals surface area contributed by atoms with E-state index in [1.165, 1.54) is 24.3 Å². The molecule has 1 heterocycles. The second-order valence-corrected chi connectivity index (χ2v) is 10.5. The fraction of sp³-hybridized carbons (Fsp3) is 0.136. The van der Waals surface area contributed by atoms with Crippen LogP contribution in [0.4, 0.5) is 5.69 Å². The van der Waals surface area contributed by atoms with Crippen LogP contribution in [0, 0.1) is 10.1 Å². The quantitative estimate of drug-likeness (QED) is 0.297. The summed E-state index contributed by atoms with van der Waals surface area (Å²) in [5, 5.41) is 16.7. The number of nitrogens with one attached hydrogen (secondary N) is 2. The Morgan fingerprint density at radius 3 is 2.41 bits per heavy atom. The highest BCUT2D eigenvalue weighted by molar-refractivity contribution is 7.89. The lowest BCUT2D eigenvalue weighted by Crippen LogP contribution is -2.33. The Balaban J connectivity index is 1.69. The number of nitro groups is 1. The first kappa shape index (κ1) is 24.4. The van der Waals surface area contributed by atoms with Gasteiger partial charge in [0.25, 0.3) is 5.69 Å². The van der Waals surface area contributed by atoms with Gasteiger partial charge in [0.1, 0.15) is 0 Å². The lowest BCUT2D eigenvalue weighted by Gasteiger charge is -2.21. The van der Waals surface area contributed by atoms with Gasteiger partial charge in [0.15, 0.2) is 0 Å². The van der Waals surface area contributed by atoms with E-state index in [0.29, 0.717) is 27.7 Å². The maximum atomic E-state index is 13.2. The highest BCUT2D eigenvalue weighted by Gasteiger charge is 2.32. The van der Waals surface area contributed by atoms with E-state index in [2.05, 4.69) is 15.2 Å². The minimum atomic E-state index is -4.19. The SMILES string of the molecule is O=[N+]([O-])c1cccc(S(=O)(=O)N[C@@H](C2=NNC(c3ccc(Cl)cc3)C2)c2ccc(Cl)cc2Cl)c1. The van der Waals surface area contributed by atoms with Crippen LogP contribution >= 0.6 is 34.8 Å². The molecule has 3 aromatic rings. The topological polar surface area (TPSA) is 114 Å². The summed E-state index contributed by atoms with van der Waals surface area (Å²) in [6, 6.07) is 15.6. The first-order valence-corrected chi connectivity index (χ1v) is 12.5. The minimum absolute atomic E-state index is 0.205. The van der Waals surface area contributed by atoms with Gasteiger partial charge in [0, 0.05) is 33.6 Å². The zero-order chi connectivity index (χ0) is 24.5. The Morgan fingerprint density at radius 1 is 1.03 bits per heavy atom. The molecule has 0 saturated heterocycles. The van der Waals surface area contributed by atoms with E-state index in [-0.39, 0.29) is 21.6 Å². The molecule has 12 heteroatoms. The Morgan fingerprint density at radius 2 is 1.74 bits per heavy atom. The molecule has 4 rings (SSSR count). The third-order valence-corrected chi connectivity index (χ3v) is 7.50. The molecule has 0 spiro atoms. The number of nitrogens with zero attached hydrogens (tertiary/aromatic N) is 2. The van der Waals surface area contributed by atoms with E-state index < -0.39 is 21.0 Å². The van der Waals surface area contributed by atoms with Crippen LogP contribution in [0.1, 0.15) is 29.6 Å². The molecular formula is C22H17Cl3N4O4S. The summed E-state index contributed by atoms with van der Waals surface area (Å²) >= 11 is 18.4. The number of sulfonamides is 1.